The number of rotatable bonds is 2. The Morgan fingerprint density at radius 1 is 1.35 bits per heavy atom. The smallest absolute Gasteiger partial charge is 0.319 e. The van der Waals surface area contributed by atoms with Crippen molar-refractivity contribution in [3.05, 3.63) is 24.0 Å². The molecule has 17 heavy (non-hydrogen) atoms. The molecular formula is C13H19N3O. The molecule has 0 spiro atoms. The van der Waals surface area contributed by atoms with Gasteiger partial charge in [0, 0.05) is 23.6 Å². The van der Waals surface area contributed by atoms with E-state index in [0.717, 1.165) is 24.2 Å². The third kappa shape index (κ3) is 3.73. The highest BCUT2D eigenvalue weighted by Crippen LogP contribution is 2.17. The molecule has 4 nitrogen and oxygen atoms in total. The normalized spacial score (nSPS) is 16.5. The standard InChI is InChI=1S/C13H19N3O/c1-10-9-12(7-8-14-10)16-13(17)15-11-5-3-2-4-6-11/h7-9,11H,2-6H2,1H3,(H2,14,15,16,17). The predicted octanol–water partition coefficient (Wildman–Crippen LogP) is 2.84. The first-order chi connectivity index (χ1) is 8.24. The summed E-state index contributed by atoms with van der Waals surface area (Å²) in [6.45, 7) is 1.91. The van der Waals surface area contributed by atoms with Crippen LogP contribution in [0.3, 0.4) is 0 Å². The van der Waals surface area contributed by atoms with Crippen LogP contribution in [0.1, 0.15) is 37.8 Å². The van der Waals surface area contributed by atoms with Crippen LogP contribution in [0.5, 0.6) is 0 Å². The number of aromatic nitrogens is 1. The fourth-order valence-corrected chi connectivity index (χ4v) is 2.22. The van der Waals surface area contributed by atoms with Gasteiger partial charge in [-0.1, -0.05) is 19.3 Å². The monoisotopic (exact) mass is 233 g/mol. The van der Waals surface area contributed by atoms with Crippen LogP contribution in [0.15, 0.2) is 18.3 Å². The highest BCUT2D eigenvalue weighted by Gasteiger charge is 2.15. The van der Waals surface area contributed by atoms with Gasteiger partial charge in [0.15, 0.2) is 0 Å². The van der Waals surface area contributed by atoms with Crippen molar-refractivity contribution in [3.63, 3.8) is 0 Å². The zero-order valence-corrected chi connectivity index (χ0v) is 10.2. The van der Waals surface area contributed by atoms with E-state index in [9.17, 15) is 4.79 Å². The highest BCUT2D eigenvalue weighted by atomic mass is 16.2. The van der Waals surface area contributed by atoms with Crippen molar-refractivity contribution in [1.82, 2.24) is 10.3 Å². The Morgan fingerprint density at radius 3 is 2.82 bits per heavy atom. The molecule has 0 radical (unpaired) electrons. The lowest BCUT2D eigenvalue weighted by atomic mass is 9.96. The number of anilines is 1. The molecule has 2 N–H and O–H groups in total. The van der Waals surface area contributed by atoms with Crippen molar-refractivity contribution >= 4 is 11.7 Å². The van der Waals surface area contributed by atoms with E-state index in [1.807, 2.05) is 13.0 Å². The summed E-state index contributed by atoms with van der Waals surface area (Å²) < 4.78 is 0. The molecule has 2 amide bonds. The lowest BCUT2D eigenvalue weighted by Gasteiger charge is -2.22. The quantitative estimate of drug-likeness (QED) is 0.825. The van der Waals surface area contributed by atoms with Crippen molar-refractivity contribution in [2.45, 2.75) is 45.1 Å². The SMILES string of the molecule is Cc1cc(NC(=O)NC2CCCCC2)ccn1. The van der Waals surface area contributed by atoms with Crippen LogP contribution in [0, 0.1) is 6.92 Å². The van der Waals surface area contributed by atoms with E-state index in [1.165, 1.54) is 19.3 Å². The number of aryl methyl sites for hydroxylation is 1. The molecule has 0 aliphatic heterocycles. The van der Waals surface area contributed by atoms with E-state index in [2.05, 4.69) is 15.6 Å². The van der Waals surface area contributed by atoms with Crippen molar-refractivity contribution < 1.29 is 4.79 Å². The summed E-state index contributed by atoms with van der Waals surface area (Å²) >= 11 is 0. The van der Waals surface area contributed by atoms with Crippen molar-refractivity contribution in [2.24, 2.45) is 0 Å². The van der Waals surface area contributed by atoms with Gasteiger partial charge in [-0.25, -0.2) is 4.79 Å². The van der Waals surface area contributed by atoms with Gasteiger partial charge in [0.05, 0.1) is 0 Å². The minimum absolute atomic E-state index is 0.109. The first-order valence-corrected chi connectivity index (χ1v) is 6.24. The summed E-state index contributed by atoms with van der Waals surface area (Å²) in [5, 5.41) is 5.86. The largest absolute Gasteiger partial charge is 0.335 e. The lowest BCUT2D eigenvalue weighted by Crippen LogP contribution is -2.39. The Balaban J connectivity index is 1.84. The van der Waals surface area contributed by atoms with E-state index < -0.39 is 0 Å². The first-order valence-electron chi connectivity index (χ1n) is 6.24. The number of hydrogen-bond acceptors (Lipinski definition) is 2. The topological polar surface area (TPSA) is 54.0 Å². The second-order valence-electron chi connectivity index (χ2n) is 4.62. The number of carbonyl (C=O) groups excluding carboxylic acids is 1. The molecule has 0 saturated heterocycles. The summed E-state index contributed by atoms with van der Waals surface area (Å²) in [5.41, 5.74) is 1.70. The highest BCUT2D eigenvalue weighted by molar-refractivity contribution is 5.89. The lowest BCUT2D eigenvalue weighted by molar-refractivity contribution is 0.244. The second kappa shape index (κ2) is 5.66. The molecule has 0 atom stereocenters. The van der Waals surface area contributed by atoms with Crippen LogP contribution in [0.4, 0.5) is 10.5 Å². The van der Waals surface area contributed by atoms with Gasteiger partial charge in [-0.3, -0.25) is 4.98 Å². The number of urea groups is 1. The van der Waals surface area contributed by atoms with Crippen LogP contribution in [0.25, 0.3) is 0 Å². The van der Waals surface area contributed by atoms with E-state index in [-0.39, 0.29) is 6.03 Å². The summed E-state index contributed by atoms with van der Waals surface area (Å²) in [5.74, 6) is 0. The Morgan fingerprint density at radius 2 is 2.12 bits per heavy atom. The number of carbonyl (C=O) groups is 1. The molecule has 1 heterocycles. The summed E-state index contributed by atoms with van der Waals surface area (Å²) in [7, 11) is 0. The maximum atomic E-state index is 11.7. The summed E-state index contributed by atoms with van der Waals surface area (Å²) in [4.78, 5) is 15.8. The van der Waals surface area contributed by atoms with Crippen LogP contribution >= 0.6 is 0 Å². The molecule has 1 aromatic rings. The third-order valence-corrected chi connectivity index (χ3v) is 3.09. The number of nitrogens with one attached hydrogen (secondary N) is 2. The van der Waals surface area contributed by atoms with Gasteiger partial charge in [0.1, 0.15) is 0 Å². The van der Waals surface area contributed by atoms with Crippen molar-refractivity contribution in [1.29, 1.82) is 0 Å². The zero-order valence-electron chi connectivity index (χ0n) is 10.2. The summed E-state index contributed by atoms with van der Waals surface area (Å²) in [6.07, 6.45) is 7.64. The molecule has 4 heteroatoms. The zero-order chi connectivity index (χ0) is 12.1. The molecule has 0 unspecified atom stereocenters. The average molecular weight is 233 g/mol. The second-order valence-corrected chi connectivity index (χ2v) is 4.62. The van der Waals surface area contributed by atoms with Crippen molar-refractivity contribution in [2.75, 3.05) is 5.32 Å². The van der Waals surface area contributed by atoms with Gasteiger partial charge in [-0.15, -0.1) is 0 Å². The third-order valence-electron chi connectivity index (χ3n) is 3.09. The van der Waals surface area contributed by atoms with Crippen LogP contribution in [0.2, 0.25) is 0 Å². The molecule has 92 valence electrons. The Bertz CT molecular complexity index is 386. The number of hydrogen-bond donors (Lipinski definition) is 2. The van der Waals surface area contributed by atoms with E-state index in [1.54, 1.807) is 12.3 Å². The first kappa shape index (κ1) is 11.9. The molecule has 1 saturated carbocycles. The Kier molecular flexibility index (Phi) is 3.96. The number of pyridine rings is 1. The van der Waals surface area contributed by atoms with E-state index >= 15 is 0 Å². The molecule has 1 aliphatic rings. The van der Waals surface area contributed by atoms with Crippen LogP contribution in [-0.4, -0.2) is 17.1 Å². The van der Waals surface area contributed by atoms with Gasteiger partial charge >= 0.3 is 6.03 Å². The molecule has 0 aromatic carbocycles. The molecule has 0 bridgehead atoms. The predicted molar refractivity (Wildman–Crippen MR) is 68.0 cm³/mol. The maximum absolute atomic E-state index is 11.7. The van der Waals surface area contributed by atoms with Gasteiger partial charge in [0.2, 0.25) is 0 Å². The van der Waals surface area contributed by atoms with Crippen LogP contribution in [-0.2, 0) is 0 Å². The average Bonchev–Trinajstić information content (AvgIpc) is 2.30. The van der Waals surface area contributed by atoms with Gasteiger partial charge < -0.3 is 10.6 Å². The fourth-order valence-electron chi connectivity index (χ4n) is 2.22. The number of nitrogens with zero attached hydrogens (tertiary/aromatic N) is 1. The molecule has 1 fully saturated rings. The minimum Gasteiger partial charge on any atom is -0.335 e. The molecular weight excluding hydrogens is 214 g/mol. The van der Waals surface area contributed by atoms with Gasteiger partial charge in [-0.2, -0.15) is 0 Å². The maximum Gasteiger partial charge on any atom is 0.319 e. The Labute approximate surface area is 102 Å². The molecule has 1 aromatic heterocycles. The van der Waals surface area contributed by atoms with Gasteiger partial charge in [-0.05, 0) is 31.9 Å². The minimum atomic E-state index is -0.109. The Hall–Kier alpha value is -1.58. The van der Waals surface area contributed by atoms with E-state index in [4.69, 9.17) is 0 Å². The van der Waals surface area contributed by atoms with E-state index in [0.29, 0.717) is 6.04 Å². The summed E-state index contributed by atoms with van der Waals surface area (Å²) in [6, 6.07) is 3.89. The van der Waals surface area contributed by atoms with Gasteiger partial charge in [0.25, 0.3) is 0 Å². The van der Waals surface area contributed by atoms with Crippen molar-refractivity contribution in [3.8, 4) is 0 Å². The van der Waals surface area contributed by atoms with Crippen LogP contribution < -0.4 is 10.6 Å². The molecule has 2 rings (SSSR count). The molecule has 1 aliphatic carbocycles. The fraction of sp³-hybridized carbons (Fsp3) is 0.538. The number of amides is 2.